The fourth-order valence-electron chi connectivity index (χ4n) is 2.63. The molecule has 22 heavy (non-hydrogen) atoms. The van der Waals surface area contributed by atoms with E-state index in [1.807, 2.05) is 20.8 Å². The molecule has 2 aliphatic rings. The Morgan fingerprint density at radius 3 is 1.95 bits per heavy atom. The summed E-state index contributed by atoms with van der Waals surface area (Å²) in [6.07, 6.45) is 6.88. The number of likely N-dealkylation sites (tertiary alicyclic amines) is 2. The monoisotopic (exact) mass is 314 g/mol. The Morgan fingerprint density at radius 1 is 0.909 bits per heavy atom. The number of rotatable bonds is 6. The average molecular weight is 314 g/mol. The summed E-state index contributed by atoms with van der Waals surface area (Å²) in [4.78, 5) is 14.5. The first kappa shape index (κ1) is 19.4. The van der Waals surface area contributed by atoms with Crippen LogP contribution in [0.5, 0.6) is 0 Å². The summed E-state index contributed by atoms with van der Waals surface area (Å²) in [6, 6.07) is 0. The van der Waals surface area contributed by atoms with E-state index in [2.05, 4.69) is 14.5 Å². The topological polar surface area (TPSA) is 42.0 Å². The van der Waals surface area contributed by atoms with E-state index in [9.17, 15) is 4.79 Å². The van der Waals surface area contributed by atoms with Gasteiger partial charge in [0, 0.05) is 19.6 Å². The van der Waals surface area contributed by atoms with E-state index >= 15 is 0 Å². The van der Waals surface area contributed by atoms with Gasteiger partial charge >= 0.3 is 0 Å². The van der Waals surface area contributed by atoms with Gasteiger partial charge in [0.25, 0.3) is 6.47 Å². The molecule has 0 atom stereocenters. The van der Waals surface area contributed by atoms with E-state index in [4.69, 9.17) is 4.74 Å². The summed E-state index contributed by atoms with van der Waals surface area (Å²) < 4.78 is 10.3. The molecule has 0 amide bonds. The minimum atomic E-state index is -0.318. The van der Waals surface area contributed by atoms with Gasteiger partial charge in [-0.05, 0) is 59.5 Å². The van der Waals surface area contributed by atoms with Crippen molar-refractivity contribution in [3.8, 4) is 0 Å². The molecule has 5 heteroatoms. The number of carbonyl (C=O) groups excluding carboxylic acids is 1. The fourth-order valence-corrected chi connectivity index (χ4v) is 2.63. The number of piperidine rings is 1. The van der Waals surface area contributed by atoms with Gasteiger partial charge in [-0.1, -0.05) is 6.42 Å². The summed E-state index contributed by atoms with van der Waals surface area (Å²) in [6.45, 7) is 13.9. The Balaban J connectivity index is 0.000000295. The van der Waals surface area contributed by atoms with E-state index in [1.165, 1.54) is 58.3 Å². The van der Waals surface area contributed by atoms with Crippen LogP contribution in [0, 0.1) is 0 Å². The molecule has 2 heterocycles. The predicted octanol–water partition coefficient (Wildman–Crippen LogP) is 2.50. The maximum Gasteiger partial charge on any atom is 0.293 e. The minimum absolute atomic E-state index is 0.318. The van der Waals surface area contributed by atoms with Gasteiger partial charge in [0.2, 0.25) is 0 Å². The maximum absolute atomic E-state index is 9.60. The Kier molecular flexibility index (Phi) is 9.68. The van der Waals surface area contributed by atoms with Gasteiger partial charge in [-0.3, -0.25) is 9.69 Å². The van der Waals surface area contributed by atoms with Crippen LogP contribution in [-0.2, 0) is 14.3 Å². The highest BCUT2D eigenvalue weighted by atomic mass is 16.5. The highest BCUT2D eigenvalue weighted by Gasteiger charge is 2.12. The zero-order chi connectivity index (χ0) is 16.3. The van der Waals surface area contributed by atoms with Crippen LogP contribution in [0.1, 0.15) is 52.9 Å². The summed E-state index contributed by atoms with van der Waals surface area (Å²) in [5.74, 6) is 0. The van der Waals surface area contributed by atoms with E-state index in [0.29, 0.717) is 6.47 Å². The zero-order valence-electron chi connectivity index (χ0n) is 14.7. The van der Waals surface area contributed by atoms with Crippen LogP contribution >= 0.6 is 0 Å². The van der Waals surface area contributed by atoms with Crippen LogP contribution in [0.3, 0.4) is 0 Å². The Bertz CT molecular complexity index is 280. The first-order valence-corrected chi connectivity index (χ1v) is 8.65. The first-order valence-electron chi connectivity index (χ1n) is 8.65. The van der Waals surface area contributed by atoms with Crippen molar-refractivity contribution in [2.24, 2.45) is 0 Å². The minimum Gasteiger partial charge on any atom is -0.462 e. The molecule has 2 rings (SSSR count). The third-order valence-corrected chi connectivity index (χ3v) is 3.87. The van der Waals surface area contributed by atoms with Gasteiger partial charge in [0.05, 0.1) is 13.3 Å². The molecular weight excluding hydrogens is 280 g/mol. The molecular formula is C17H34N2O3. The number of hydrogen-bond acceptors (Lipinski definition) is 5. The Labute approximate surface area is 135 Å². The number of carbonyl (C=O) groups is 1. The summed E-state index contributed by atoms with van der Waals surface area (Å²) in [5.41, 5.74) is -0.318. The first-order chi connectivity index (χ1) is 10.5. The molecule has 0 aromatic carbocycles. The number of hydrogen-bond donors (Lipinski definition) is 0. The van der Waals surface area contributed by atoms with Crippen molar-refractivity contribution >= 4 is 6.47 Å². The molecule has 0 aliphatic carbocycles. The van der Waals surface area contributed by atoms with Crippen molar-refractivity contribution in [3.63, 3.8) is 0 Å². The molecule has 0 unspecified atom stereocenters. The third kappa shape index (κ3) is 10.1. The van der Waals surface area contributed by atoms with Gasteiger partial charge < -0.3 is 14.4 Å². The highest BCUT2D eigenvalue weighted by Crippen LogP contribution is 2.09. The smallest absolute Gasteiger partial charge is 0.293 e. The van der Waals surface area contributed by atoms with E-state index in [-0.39, 0.29) is 5.60 Å². The molecule has 2 saturated heterocycles. The lowest BCUT2D eigenvalue weighted by Crippen LogP contribution is -2.33. The second-order valence-corrected chi connectivity index (χ2v) is 7.09. The lowest BCUT2D eigenvalue weighted by Gasteiger charge is -2.26. The van der Waals surface area contributed by atoms with Gasteiger partial charge in [-0.15, -0.1) is 0 Å². The molecule has 0 aromatic rings. The molecule has 5 nitrogen and oxygen atoms in total. The molecule has 0 radical (unpaired) electrons. The average Bonchev–Trinajstić information content (AvgIpc) is 2.97. The van der Waals surface area contributed by atoms with Crippen LogP contribution in [-0.4, -0.2) is 67.9 Å². The van der Waals surface area contributed by atoms with Crippen LogP contribution in [0.4, 0.5) is 0 Å². The summed E-state index contributed by atoms with van der Waals surface area (Å²) in [5, 5.41) is 0. The zero-order valence-corrected chi connectivity index (χ0v) is 14.7. The van der Waals surface area contributed by atoms with Crippen LogP contribution in [0.2, 0.25) is 0 Å². The molecule has 0 bridgehead atoms. The van der Waals surface area contributed by atoms with E-state index in [0.717, 1.165) is 19.9 Å². The van der Waals surface area contributed by atoms with Crippen molar-refractivity contribution in [2.75, 3.05) is 46.1 Å². The number of ether oxygens (including phenoxy) is 2. The van der Waals surface area contributed by atoms with Crippen molar-refractivity contribution in [1.82, 2.24) is 9.80 Å². The molecule has 2 aliphatic heterocycles. The van der Waals surface area contributed by atoms with Gasteiger partial charge in [-0.25, -0.2) is 0 Å². The van der Waals surface area contributed by atoms with Crippen LogP contribution in [0.25, 0.3) is 0 Å². The second-order valence-electron chi connectivity index (χ2n) is 7.09. The van der Waals surface area contributed by atoms with E-state index < -0.39 is 0 Å². The SMILES string of the molecule is C1CCN(COCCN2CCCC2)CC1.CC(C)(C)OC=O. The predicted molar refractivity (Wildman–Crippen MR) is 88.8 cm³/mol. The normalized spacial score (nSPS) is 20.3. The van der Waals surface area contributed by atoms with Crippen molar-refractivity contribution in [2.45, 2.75) is 58.5 Å². The molecule has 0 spiro atoms. The standard InChI is InChI=1S/C12H24N2O.C5H10O2/c1-2-8-14(9-3-1)12-15-11-10-13-6-4-5-7-13;1-5(2,3)7-4-6/h1-12H2;4H,1-3H3. The van der Waals surface area contributed by atoms with Crippen LogP contribution < -0.4 is 0 Å². The van der Waals surface area contributed by atoms with Crippen LogP contribution in [0.15, 0.2) is 0 Å². The second kappa shape index (κ2) is 11.0. The van der Waals surface area contributed by atoms with Gasteiger partial charge in [-0.2, -0.15) is 0 Å². The van der Waals surface area contributed by atoms with Crippen molar-refractivity contribution < 1.29 is 14.3 Å². The maximum atomic E-state index is 9.60. The third-order valence-electron chi connectivity index (χ3n) is 3.87. The molecule has 2 fully saturated rings. The Morgan fingerprint density at radius 2 is 1.45 bits per heavy atom. The molecule has 0 N–H and O–H groups in total. The van der Waals surface area contributed by atoms with Crippen molar-refractivity contribution in [3.05, 3.63) is 0 Å². The fraction of sp³-hybridized carbons (Fsp3) is 0.941. The summed E-state index contributed by atoms with van der Waals surface area (Å²) >= 11 is 0. The largest absolute Gasteiger partial charge is 0.462 e. The molecule has 130 valence electrons. The van der Waals surface area contributed by atoms with Crippen molar-refractivity contribution in [1.29, 1.82) is 0 Å². The van der Waals surface area contributed by atoms with E-state index in [1.54, 1.807) is 0 Å². The quantitative estimate of drug-likeness (QED) is 0.556. The lowest BCUT2D eigenvalue weighted by molar-refractivity contribution is -0.138. The van der Waals surface area contributed by atoms with Gasteiger partial charge in [0.1, 0.15) is 5.60 Å². The van der Waals surface area contributed by atoms with Gasteiger partial charge in [0.15, 0.2) is 0 Å². The Hall–Kier alpha value is -0.650. The molecule has 0 saturated carbocycles. The molecule has 0 aromatic heterocycles. The number of nitrogens with zero attached hydrogens (tertiary/aromatic N) is 2. The lowest BCUT2D eigenvalue weighted by atomic mass is 10.1. The summed E-state index contributed by atoms with van der Waals surface area (Å²) in [7, 11) is 0. The highest BCUT2D eigenvalue weighted by molar-refractivity contribution is 5.37.